The maximum atomic E-state index is 14.1. The second kappa shape index (κ2) is 13.8. The van der Waals surface area contributed by atoms with Crippen molar-refractivity contribution in [1.29, 1.82) is 0 Å². The van der Waals surface area contributed by atoms with Crippen LogP contribution in [0.5, 0.6) is 0 Å². The van der Waals surface area contributed by atoms with Gasteiger partial charge >= 0.3 is 0 Å². The molecule has 2 amide bonds. The van der Waals surface area contributed by atoms with Crippen molar-refractivity contribution in [2.24, 2.45) is 0 Å². The fourth-order valence-electron chi connectivity index (χ4n) is 4.53. The number of nitrogens with one attached hydrogen (secondary N) is 1. The van der Waals surface area contributed by atoms with Crippen LogP contribution in [0, 0.1) is 13.8 Å². The number of hydrogen-bond donors (Lipinski definition) is 1. The number of hydrogen-bond acceptors (Lipinski definition) is 4. The molecule has 9 heteroatoms. The van der Waals surface area contributed by atoms with Gasteiger partial charge in [-0.2, -0.15) is 0 Å². The van der Waals surface area contributed by atoms with E-state index in [2.05, 4.69) is 5.32 Å². The van der Waals surface area contributed by atoms with Gasteiger partial charge in [-0.1, -0.05) is 66.6 Å². The number of aryl methyl sites for hydroxylation is 2. The standard InChI is InChI=1S/C31H38ClN3O4S/c1-6-28(31(37)33-22(2)3)34(19-18-25-10-8-7-9-11-25)30(36)21-35(29-17-14-26(32)20-24(29)5)40(38,39)27-15-12-23(4)13-16-27/h7-17,20,22,28H,6,18-19,21H2,1-5H3,(H,33,37)/t28-/m1/s1. The molecule has 0 bridgehead atoms. The quantitative estimate of drug-likeness (QED) is 0.304. The molecule has 7 nitrogen and oxygen atoms in total. The Labute approximate surface area is 243 Å². The van der Waals surface area contributed by atoms with Gasteiger partial charge in [0.15, 0.2) is 0 Å². The van der Waals surface area contributed by atoms with Gasteiger partial charge in [-0.15, -0.1) is 0 Å². The zero-order valence-corrected chi connectivity index (χ0v) is 25.3. The van der Waals surface area contributed by atoms with E-state index in [1.54, 1.807) is 37.3 Å². The van der Waals surface area contributed by atoms with Crippen molar-refractivity contribution in [3.63, 3.8) is 0 Å². The van der Waals surface area contributed by atoms with Crippen LogP contribution >= 0.6 is 11.6 Å². The van der Waals surface area contributed by atoms with Crippen LogP contribution in [0.4, 0.5) is 5.69 Å². The van der Waals surface area contributed by atoms with Gasteiger partial charge in [0.25, 0.3) is 10.0 Å². The van der Waals surface area contributed by atoms with Crippen molar-refractivity contribution in [3.05, 3.63) is 94.5 Å². The lowest BCUT2D eigenvalue weighted by Gasteiger charge is -2.34. The first kappa shape index (κ1) is 31.2. The topological polar surface area (TPSA) is 86.8 Å². The minimum Gasteiger partial charge on any atom is -0.352 e. The van der Waals surface area contributed by atoms with Gasteiger partial charge in [0.2, 0.25) is 11.8 Å². The molecule has 1 N–H and O–H groups in total. The number of amides is 2. The van der Waals surface area contributed by atoms with Crippen LogP contribution in [0.2, 0.25) is 5.02 Å². The highest BCUT2D eigenvalue weighted by Crippen LogP contribution is 2.29. The third-order valence-corrected chi connectivity index (χ3v) is 8.63. The molecule has 0 aliphatic heterocycles. The van der Waals surface area contributed by atoms with E-state index in [4.69, 9.17) is 11.6 Å². The van der Waals surface area contributed by atoms with Crippen LogP contribution in [0.3, 0.4) is 0 Å². The van der Waals surface area contributed by atoms with Gasteiger partial charge in [0.1, 0.15) is 12.6 Å². The largest absolute Gasteiger partial charge is 0.352 e. The van der Waals surface area contributed by atoms with Crippen molar-refractivity contribution < 1.29 is 18.0 Å². The van der Waals surface area contributed by atoms with Crippen LogP contribution in [0.1, 0.15) is 43.9 Å². The molecule has 0 aliphatic carbocycles. The van der Waals surface area contributed by atoms with Gasteiger partial charge in [0, 0.05) is 17.6 Å². The second-order valence-corrected chi connectivity index (χ2v) is 12.5. The molecule has 1 atom stereocenters. The number of carbonyl (C=O) groups excluding carboxylic acids is 2. The third-order valence-electron chi connectivity index (χ3n) is 6.62. The van der Waals surface area contributed by atoms with Gasteiger partial charge in [-0.25, -0.2) is 8.42 Å². The van der Waals surface area contributed by atoms with E-state index in [-0.39, 0.29) is 23.4 Å². The first-order valence-corrected chi connectivity index (χ1v) is 15.2. The normalized spacial score (nSPS) is 12.2. The summed E-state index contributed by atoms with van der Waals surface area (Å²) in [6.45, 7) is 8.97. The summed E-state index contributed by atoms with van der Waals surface area (Å²) in [5.41, 5.74) is 2.88. The fourth-order valence-corrected chi connectivity index (χ4v) is 6.23. The average molecular weight is 584 g/mol. The van der Waals surface area contributed by atoms with E-state index in [9.17, 15) is 18.0 Å². The Morgan fingerprint density at radius 2 is 1.60 bits per heavy atom. The SMILES string of the molecule is CC[C@H](C(=O)NC(C)C)N(CCc1ccccc1)C(=O)CN(c1ccc(Cl)cc1C)S(=O)(=O)c1ccc(C)cc1. The first-order valence-electron chi connectivity index (χ1n) is 13.4. The molecule has 0 saturated carbocycles. The van der Waals surface area contributed by atoms with E-state index in [1.807, 2.05) is 58.0 Å². The summed E-state index contributed by atoms with van der Waals surface area (Å²) in [6.07, 6.45) is 0.895. The maximum absolute atomic E-state index is 14.1. The van der Waals surface area contributed by atoms with E-state index < -0.39 is 28.5 Å². The molecule has 0 heterocycles. The first-order chi connectivity index (χ1) is 18.9. The van der Waals surface area contributed by atoms with Crippen LogP contribution in [0.25, 0.3) is 0 Å². The Kier molecular flexibility index (Phi) is 10.8. The molecule has 3 aromatic carbocycles. The smallest absolute Gasteiger partial charge is 0.264 e. The molecule has 0 saturated heterocycles. The van der Waals surface area contributed by atoms with Gasteiger partial charge < -0.3 is 10.2 Å². The highest BCUT2D eigenvalue weighted by Gasteiger charge is 2.34. The number of sulfonamides is 1. The lowest BCUT2D eigenvalue weighted by atomic mass is 10.1. The Morgan fingerprint density at radius 3 is 2.17 bits per heavy atom. The predicted molar refractivity (Wildman–Crippen MR) is 161 cm³/mol. The molecule has 214 valence electrons. The monoisotopic (exact) mass is 583 g/mol. The van der Waals surface area contributed by atoms with Gasteiger partial charge in [0.05, 0.1) is 10.6 Å². The van der Waals surface area contributed by atoms with E-state index in [0.29, 0.717) is 29.1 Å². The summed E-state index contributed by atoms with van der Waals surface area (Å²) in [4.78, 5) is 28.8. The molecular weight excluding hydrogens is 546 g/mol. The lowest BCUT2D eigenvalue weighted by molar-refractivity contribution is -0.139. The van der Waals surface area contributed by atoms with Gasteiger partial charge in [-0.3, -0.25) is 13.9 Å². The highest BCUT2D eigenvalue weighted by atomic mass is 35.5. The van der Waals surface area contributed by atoms with E-state index >= 15 is 0 Å². The molecule has 3 rings (SSSR count). The molecule has 0 spiro atoms. The summed E-state index contributed by atoms with van der Waals surface area (Å²) in [5, 5.41) is 3.37. The molecular formula is C31H38ClN3O4S. The summed E-state index contributed by atoms with van der Waals surface area (Å²) < 4.78 is 29.1. The number of carbonyl (C=O) groups is 2. The Balaban J connectivity index is 2.04. The molecule has 0 radical (unpaired) electrons. The van der Waals surface area contributed by atoms with Crippen molar-refractivity contribution in [3.8, 4) is 0 Å². The van der Waals surface area contributed by atoms with Crippen molar-refractivity contribution in [1.82, 2.24) is 10.2 Å². The Morgan fingerprint density at radius 1 is 0.950 bits per heavy atom. The van der Waals surface area contributed by atoms with Crippen LogP contribution in [-0.2, 0) is 26.0 Å². The number of benzene rings is 3. The minimum absolute atomic E-state index is 0.0701. The minimum atomic E-state index is -4.13. The van der Waals surface area contributed by atoms with E-state index in [1.165, 1.54) is 17.0 Å². The number of halogens is 1. The molecule has 3 aromatic rings. The van der Waals surface area contributed by atoms with Crippen molar-refractivity contribution in [2.45, 2.75) is 64.4 Å². The lowest BCUT2D eigenvalue weighted by Crippen LogP contribution is -2.54. The Bertz CT molecular complexity index is 1410. The molecule has 0 unspecified atom stereocenters. The predicted octanol–water partition coefficient (Wildman–Crippen LogP) is 5.53. The van der Waals surface area contributed by atoms with Crippen molar-refractivity contribution >= 4 is 39.1 Å². The maximum Gasteiger partial charge on any atom is 0.264 e. The average Bonchev–Trinajstić information content (AvgIpc) is 2.90. The second-order valence-electron chi connectivity index (χ2n) is 10.2. The van der Waals surface area contributed by atoms with Crippen LogP contribution in [-0.4, -0.2) is 50.3 Å². The molecule has 0 fully saturated rings. The zero-order valence-electron chi connectivity index (χ0n) is 23.7. The number of rotatable bonds is 12. The van der Waals surface area contributed by atoms with Gasteiger partial charge in [-0.05, 0) is 82.0 Å². The number of nitrogens with zero attached hydrogens (tertiary/aromatic N) is 2. The Hall–Kier alpha value is -3.36. The fraction of sp³-hybridized carbons (Fsp3) is 0.355. The highest BCUT2D eigenvalue weighted by molar-refractivity contribution is 7.92. The summed E-state index contributed by atoms with van der Waals surface area (Å²) in [6, 6.07) is 20.2. The summed E-state index contributed by atoms with van der Waals surface area (Å²) in [7, 11) is -4.13. The van der Waals surface area contributed by atoms with Crippen LogP contribution < -0.4 is 9.62 Å². The summed E-state index contributed by atoms with van der Waals surface area (Å²) >= 11 is 6.18. The molecule has 0 aromatic heterocycles. The molecule has 40 heavy (non-hydrogen) atoms. The van der Waals surface area contributed by atoms with Crippen molar-refractivity contribution in [2.75, 3.05) is 17.4 Å². The van der Waals surface area contributed by atoms with E-state index in [0.717, 1.165) is 15.4 Å². The third kappa shape index (κ3) is 7.86. The number of anilines is 1. The zero-order chi connectivity index (χ0) is 29.4. The summed E-state index contributed by atoms with van der Waals surface area (Å²) in [5.74, 6) is -0.735. The van der Waals surface area contributed by atoms with Crippen LogP contribution in [0.15, 0.2) is 77.7 Å². The molecule has 0 aliphatic rings.